The van der Waals surface area contributed by atoms with Gasteiger partial charge in [0.05, 0.1) is 13.0 Å². The number of carboxylic acids is 1. The molecular weight excluding hydrogens is 456 g/mol. The van der Waals surface area contributed by atoms with Crippen LogP contribution in [0, 0.1) is 6.92 Å². The Bertz CT molecular complexity index is 1010. The van der Waals surface area contributed by atoms with Gasteiger partial charge in [-0.2, -0.15) is 0 Å². The number of amides is 2. The monoisotopic (exact) mass is 486 g/mol. The normalized spacial score (nSPS) is 14.6. The van der Waals surface area contributed by atoms with E-state index in [2.05, 4.69) is 11.8 Å². The Balaban J connectivity index is 1.69. The third-order valence-corrected chi connectivity index (χ3v) is 6.18. The molecule has 0 spiro atoms. The average Bonchev–Trinajstić information content (AvgIpc) is 3.11. The second-order valence-corrected chi connectivity index (χ2v) is 8.96. The molecule has 0 radical (unpaired) electrons. The second-order valence-electron chi connectivity index (χ2n) is 8.52. The first-order chi connectivity index (χ1) is 16.3. The van der Waals surface area contributed by atoms with E-state index in [0.29, 0.717) is 17.3 Å². The lowest BCUT2D eigenvalue weighted by atomic mass is 10.0. The van der Waals surface area contributed by atoms with Crippen LogP contribution in [0.5, 0.6) is 5.75 Å². The number of carbonyl (C=O) groups excluding carboxylic acids is 2. The van der Waals surface area contributed by atoms with Crippen LogP contribution < -0.4 is 4.74 Å². The maximum absolute atomic E-state index is 11.7. The number of aryl methyl sites for hydroxylation is 1. The van der Waals surface area contributed by atoms with Gasteiger partial charge < -0.3 is 9.84 Å². The zero-order chi connectivity index (χ0) is 24.7. The molecule has 0 aliphatic carbocycles. The van der Waals surface area contributed by atoms with Crippen molar-refractivity contribution in [3.05, 3.63) is 64.2 Å². The number of halogens is 1. The Morgan fingerprint density at radius 1 is 1.15 bits per heavy atom. The van der Waals surface area contributed by atoms with Crippen molar-refractivity contribution in [3.8, 4) is 5.75 Å². The molecule has 3 rings (SSSR count). The summed E-state index contributed by atoms with van der Waals surface area (Å²) >= 11 is 6.03. The van der Waals surface area contributed by atoms with Gasteiger partial charge in [0.2, 0.25) is 11.8 Å². The molecule has 1 heterocycles. The van der Waals surface area contributed by atoms with E-state index in [-0.39, 0.29) is 50.3 Å². The molecule has 0 saturated carbocycles. The highest BCUT2D eigenvalue weighted by Gasteiger charge is 2.28. The molecule has 0 bridgehead atoms. The number of aliphatic carboxylic acids is 1. The highest BCUT2D eigenvalue weighted by molar-refractivity contribution is 6.30. The Hall–Kier alpha value is -2.90. The van der Waals surface area contributed by atoms with Crippen molar-refractivity contribution in [3.63, 3.8) is 0 Å². The molecule has 1 aliphatic heterocycles. The van der Waals surface area contributed by atoms with Crippen molar-refractivity contribution in [1.29, 1.82) is 0 Å². The van der Waals surface area contributed by atoms with Gasteiger partial charge >= 0.3 is 5.97 Å². The van der Waals surface area contributed by atoms with E-state index >= 15 is 0 Å². The van der Waals surface area contributed by atoms with Crippen molar-refractivity contribution < 1.29 is 24.2 Å². The minimum absolute atomic E-state index is 0.00422. The minimum Gasteiger partial charge on any atom is -0.491 e. The molecule has 1 N–H and O–H groups in total. The van der Waals surface area contributed by atoms with E-state index < -0.39 is 5.97 Å². The van der Waals surface area contributed by atoms with Gasteiger partial charge in [-0.1, -0.05) is 42.8 Å². The number of hydrogen-bond donors (Lipinski definition) is 1. The molecular formula is C26H31ClN2O5. The fourth-order valence-corrected chi connectivity index (χ4v) is 4.39. The molecule has 34 heavy (non-hydrogen) atoms. The molecule has 1 fully saturated rings. The number of likely N-dealkylation sites (tertiary alicyclic amines) is 1. The summed E-state index contributed by atoms with van der Waals surface area (Å²) in [7, 11) is 0. The van der Waals surface area contributed by atoms with Crippen LogP contribution in [0.25, 0.3) is 0 Å². The standard InChI is InChI=1S/C26H31ClN2O5/c1-3-12-28(22(16-26(32)33)20-5-7-21(27)8-6-20)17-19-4-9-23(18(2)15-19)34-14-13-29-24(30)10-11-25(29)31/h4-9,15,22H,3,10-14,16-17H2,1-2H3,(H,32,33)/t22-/m1/s1. The Labute approximate surface area is 205 Å². The molecule has 2 aromatic rings. The number of nitrogens with zero attached hydrogens (tertiary/aromatic N) is 2. The molecule has 8 heteroatoms. The predicted octanol–water partition coefficient (Wildman–Crippen LogP) is 4.60. The van der Waals surface area contributed by atoms with Gasteiger partial charge in [-0.3, -0.25) is 24.2 Å². The van der Waals surface area contributed by atoms with E-state index in [9.17, 15) is 19.5 Å². The summed E-state index contributed by atoms with van der Waals surface area (Å²) in [5.74, 6) is -0.442. The van der Waals surface area contributed by atoms with Gasteiger partial charge in [-0.25, -0.2) is 0 Å². The van der Waals surface area contributed by atoms with Gasteiger partial charge in [0.15, 0.2) is 0 Å². The summed E-state index contributed by atoms with van der Waals surface area (Å²) < 4.78 is 5.83. The smallest absolute Gasteiger partial charge is 0.305 e. The predicted molar refractivity (Wildman–Crippen MR) is 130 cm³/mol. The highest BCUT2D eigenvalue weighted by atomic mass is 35.5. The first-order valence-electron chi connectivity index (χ1n) is 11.5. The Kier molecular flexibility index (Phi) is 9.07. The van der Waals surface area contributed by atoms with Crippen LogP contribution in [-0.4, -0.2) is 52.4 Å². The molecule has 7 nitrogen and oxygen atoms in total. The third-order valence-electron chi connectivity index (χ3n) is 5.93. The fourth-order valence-electron chi connectivity index (χ4n) is 4.27. The Morgan fingerprint density at radius 3 is 2.41 bits per heavy atom. The first kappa shape index (κ1) is 25.7. The van der Waals surface area contributed by atoms with E-state index in [0.717, 1.165) is 29.7 Å². The molecule has 1 saturated heterocycles. The van der Waals surface area contributed by atoms with Crippen molar-refractivity contribution in [2.45, 2.75) is 52.1 Å². The van der Waals surface area contributed by atoms with Crippen LogP contribution in [0.2, 0.25) is 5.02 Å². The lowest BCUT2D eigenvalue weighted by molar-refractivity contribution is -0.140. The molecule has 2 amide bonds. The number of ether oxygens (including phenoxy) is 1. The van der Waals surface area contributed by atoms with Crippen LogP contribution in [0.3, 0.4) is 0 Å². The number of hydrogen-bond acceptors (Lipinski definition) is 5. The summed E-state index contributed by atoms with van der Waals surface area (Å²) in [5, 5.41) is 10.2. The summed E-state index contributed by atoms with van der Waals surface area (Å²) in [5.41, 5.74) is 2.91. The highest BCUT2D eigenvalue weighted by Crippen LogP contribution is 2.29. The van der Waals surface area contributed by atoms with Crippen molar-refractivity contribution in [1.82, 2.24) is 9.80 Å². The van der Waals surface area contributed by atoms with Crippen LogP contribution in [0.4, 0.5) is 0 Å². The number of benzene rings is 2. The molecule has 2 aromatic carbocycles. The summed E-state index contributed by atoms with van der Waals surface area (Å²) in [6, 6.07) is 13.0. The SMILES string of the molecule is CCCN(Cc1ccc(OCCN2C(=O)CCC2=O)c(C)c1)[C@H](CC(=O)O)c1ccc(Cl)cc1. The van der Waals surface area contributed by atoms with Crippen molar-refractivity contribution in [2.75, 3.05) is 19.7 Å². The average molecular weight is 487 g/mol. The van der Waals surface area contributed by atoms with Crippen LogP contribution in [0.15, 0.2) is 42.5 Å². The van der Waals surface area contributed by atoms with Crippen molar-refractivity contribution in [2.24, 2.45) is 0 Å². The zero-order valence-corrected chi connectivity index (χ0v) is 20.4. The maximum Gasteiger partial charge on any atom is 0.305 e. The first-order valence-corrected chi connectivity index (χ1v) is 11.9. The fraction of sp³-hybridized carbons (Fsp3) is 0.423. The number of carbonyl (C=O) groups is 3. The second kappa shape index (κ2) is 12.0. The summed E-state index contributed by atoms with van der Waals surface area (Å²) in [6.07, 6.45) is 1.44. The van der Waals surface area contributed by atoms with E-state index in [1.54, 1.807) is 12.1 Å². The van der Waals surface area contributed by atoms with Gasteiger partial charge in [-0.05, 0) is 54.8 Å². The third kappa shape index (κ3) is 6.81. The van der Waals surface area contributed by atoms with Crippen molar-refractivity contribution >= 4 is 29.4 Å². The number of rotatable bonds is 12. The van der Waals surface area contributed by atoms with Gasteiger partial charge in [-0.15, -0.1) is 0 Å². The minimum atomic E-state index is -0.851. The maximum atomic E-state index is 11.7. The van der Waals surface area contributed by atoms with Crippen LogP contribution >= 0.6 is 11.6 Å². The largest absolute Gasteiger partial charge is 0.491 e. The number of imide groups is 1. The quantitative estimate of drug-likeness (QED) is 0.441. The van der Waals surface area contributed by atoms with Gasteiger partial charge in [0.25, 0.3) is 0 Å². The molecule has 0 unspecified atom stereocenters. The van der Waals surface area contributed by atoms with Crippen LogP contribution in [-0.2, 0) is 20.9 Å². The topological polar surface area (TPSA) is 87.2 Å². The van der Waals surface area contributed by atoms with E-state index in [1.807, 2.05) is 37.3 Å². The molecule has 0 aromatic heterocycles. The zero-order valence-electron chi connectivity index (χ0n) is 19.6. The van der Waals surface area contributed by atoms with E-state index in [1.165, 1.54) is 4.90 Å². The van der Waals surface area contributed by atoms with Gasteiger partial charge in [0, 0.05) is 30.5 Å². The van der Waals surface area contributed by atoms with Gasteiger partial charge in [0.1, 0.15) is 12.4 Å². The molecule has 1 atom stereocenters. The Morgan fingerprint density at radius 2 is 1.82 bits per heavy atom. The molecule has 182 valence electrons. The van der Waals surface area contributed by atoms with Crippen LogP contribution in [0.1, 0.15) is 55.3 Å². The summed E-state index contributed by atoms with van der Waals surface area (Å²) in [4.78, 5) is 38.5. The lowest BCUT2D eigenvalue weighted by Gasteiger charge is -2.31. The van der Waals surface area contributed by atoms with E-state index in [4.69, 9.17) is 16.3 Å². The number of carboxylic acid groups (broad SMARTS) is 1. The summed E-state index contributed by atoms with van der Waals surface area (Å²) in [6.45, 7) is 5.86. The molecule has 1 aliphatic rings. The lowest BCUT2D eigenvalue weighted by Crippen LogP contribution is -2.33.